The molecule has 0 spiro atoms. The molecule has 94 valence electrons. The Morgan fingerprint density at radius 1 is 1.22 bits per heavy atom. The Hall–Kier alpha value is -1.29. The highest BCUT2D eigenvalue weighted by molar-refractivity contribution is 8.00. The molecular weight excluding hydrogens is 246 g/mol. The van der Waals surface area contributed by atoms with Crippen molar-refractivity contribution in [3.8, 4) is 0 Å². The lowest BCUT2D eigenvalue weighted by molar-refractivity contribution is -0.114. The van der Waals surface area contributed by atoms with E-state index in [4.69, 9.17) is 0 Å². The summed E-state index contributed by atoms with van der Waals surface area (Å²) in [4.78, 5) is 25.9. The summed E-state index contributed by atoms with van der Waals surface area (Å²) in [5.41, 5.74) is 1.30. The van der Waals surface area contributed by atoms with Crippen molar-refractivity contribution in [2.75, 3.05) is 11.9 Å². The van der Waals surface area contributed by atoms with E-state index in [1.54, 1.807) is 13.1 Å². The van der Waals surface area contributed by atoms with Gasteiger partial charge in [0.15, 0.2) is 0 Å². The van der Waals surface area contributed by atoms with E-state index in [-0.39, 0.29) is 5.78 Å². The summed E-state index contributed by atoms with van der Waals surface area (Å²) in [6, 6.07) is 5.73. The van der Waals surface area contributed by atoms with E-state index in [0.29, 0.717) is 10.8 Å². The van der Waals surface area contributed by atoms with Crippen LogP contribution in [0.3, 0.4) is 0 Å². The van der Waals surface area contributed by atoms with Gasteiger partial charge in [0, 0.05) is 17.2 Å². The van der Waals surface area contributed by atoms with Crippen molar-refractivity contribution in [2.45, 2.75) is 35.8 Å². The van der Waals surface area contributed by atoms with Gasteiger partial charge in [0.1, 0.15) is 0 Å². The van der Waals surface area contributed by atoms with Crippen molar-refractivity contribution < 1.29 is 9.59 Å². The van der Waals surface area contributed by atoms with Crippen LogP contribution in [-0.2, 0) is 4.79 Å². The molecule has 18 heavy (non-hydrogen) atoms. The zero-order chi connectivity index (χ0) is 12.7. The molecule has 0 radical (unpaired) electrons. The second-order valence-corrected chi connectivity index (χ2v) is 6.27. The Morgan fingerprint density at radius 2 is 1.94 bits per heavy atom. The minimum atomic E-state index is -0.423. The van der Waals surface area contributed by atoms with Crippen molar-refractivity contribution in [3.63, 3.8) is 0 Å². The quantitative estimate of drug-likeness (QED) is 0.768. The largest absolute Gasteiger partial charge is 0.308 e. The number of thioether (sulfide) groups is 1. The number of amides is 1. The van der Waals surface area contributed by atoms with E-state index >= 15 is 0 Å². The monoisotopic (exact) mass is 261 g/mol. The normalized spacial score (nSPS) is 19.7. The number of nitrogens with zero attached hydrogens (tertiary/aromatic N) is 1. The minimum absolute atomic E-state index is 0.384. The van der Waals surface area contributed by atoms with E-state index < -0.39 is 5.91 Å². The lowest BCUT2D eigenvalue weighted by atomic mass is 10.1. The maximum absolute atomic E-state index is 11.7. The maximum atomic E-state index is 11.7. The summed E-state index contributed by atoms with van der Waals surface area (Å²) < 4.78 is 0. The van der Waals surface area contributed by atoms with Crippen LogP contribution in [0.25, 0.3) is 0 Å². The lowest BCUT2D eigenvalue weighted by Crippen LogP contribution is -2.24. The van der Waals surface area contributed by atoms with E-state index in [9.17, 15) is 9.59 Å². The molecule has 0 N–H and O–H groups in total. The summed E-state index contributed by atoms with van der Waals surface area (Å²) in [5.74, 6) is -0.807. The molecule has 4 heteroatoms. The molecule has 3 nitrogen and oxygen atoms in total. The summed E-state index contributed by atoms with van der Waals surface area (Å²) in [5, 5.41) is 0.696. The van der Waals surface area contributed by atoms with Crippen molar-refractivity contribution in [3.05, 3.63) is 23.8 Å². The third-order valence-electron chi connectivity index (χ3n) is 3.68. The molecule has 1 aromatic rings. The van der Waals surface area contributed by atoms with Gasteiger partial charge in [-0.25, -0.2) is 0 Å². The molecule has 1 saturated carbocycles. The molecule has 1 aliphatic heterocycles. The number of Topliss-reactive ketones (excluding diaryl/α,β-unsaturated/α-hetero) is 1. The number of hydrogen-bond donors (Lipinski definition) is 0. The minimum Gasteiger partial charge on any atom is -0.308 e. The van der Waals surface area contributed by atoms with E-state index in [2.05, 4.69) is 0 Å². The molecule has 1 fully saturated rings. The van der Waals surface area contributed by atoms with Crippen LogP contribution < -0.4 is 4.90 Å². The number of ketones is 1. The average Bonchev–Trinajstić information content (AvgIpc) is 2.95. The van der Waals surface area contributed by atoms with Gasteiger partial charge >= 0.3 is 0 Å². The molecule has 2 aliphatic rings. The second-order valence-electron chi connectivity index (χ2n) is 4.90. The van der Waals surface area contributed by atoms with E-state index in [1.807, 2.05) is 23.9 Å². The van der Waals surface area contributed by atoms with Crippen LogP contribution in [0.15, 0.2) is 23.1 Å². The van der Waals surface area contributed by atoms with Gasteiger partial charge in [0.2, 0.25) is 0 Å². The Balaban J connectivity index is 1.87. The number of anilines is 1. The first-order valence-corrected chi connectivity index (χ1v) is 7.18. The van der Waals surface area contributed by atoms with Crippen LogP contribution in [0.1, 0.15) is 36.0 Å². The van der Waals surface area contributed by atoms with Gasteiger partial charge in [-0.1, -0.05) is 12.8 Å². The van der Waals surface area contributed by atoms with Gasteiger partial charge in [-0.3, -0.25) is 9.59 Å². The Labute approximate surface area is 111 Å². The van der Waals surface area contributed by atoms with E-state index in [0.717, 1.165) is 10.6 Å². The zero-order valence-electron chi connectivity index (χ0n) is 10.3. The molecule has 0 atom stereocenters. The van der Waals surface area contributed by atoms with Crippen LogP contribution in [0, 0.1) is 0 Å². The molecule has 0 saturated heterocycles. The smallest absolute Gasteiger partial charge is 0.299 e. The summed E-state index contributed by atoms with van der Waals surface area (Å²) in [6.45, 7) is 0. The number of benzene rings is 1. The van der Waals surface area contributed by atoms with Gasteiger partial charge in [-0.2, -0.15) is 0 Å². The van der Waals surface area contributed by atoms with E-state index in [1.165, 1.54) is 30.6 Å². The fourth-order valence-corrected chi connectivity index (χ4v) is 3.91. The number of fused-ring (bicyclic) bond motifs is 1. The topological polar surface area (TPSA) is 37.4 Å². The summed E-state index contributed by atoms with van der Waals surface area (Å²) >= 11 is 1.87. The molecule has 1 amide bonds. The van der Waals surface area contributed by atoms with Crippen LogP contribution >= 0.6 is 11.8 Å². The highest BCUT2D eigenvalue weighted by Crippen LogP contribution is 2.38. The maximum Gasteiger partial charge on any atom is 0.299 e. The summed E-state index contributed by atoms with van der Waals surface area (Å²) in [7, 11) is 1.66. The zero-order valence-corrected chi connectivity index (χ0v) is 11.1. The predicted molar refractivity (Wildman–Crippen MR) is 72.3 cm³/mol. The van der Waals surface area contributed by atoms with Crippen LogP contribution in [-0.4, -0.2) is 24.0 Å². The fourth-order valence-electron chi connectivity index (χ4n) is 2.63. The molecule has 1 aromatic carbocycles. The third kappa shape index (κ3) is 1.85. The highest BCUT2D eigenvalue weighted by Gasteiger charge is 2.33. The molecule has 1 aliphatic carbocycles. The van der Waals surface area contributed by atoms with Crippen molar-refractivity contribution in [2.24, 2.45) is 0 Å². The fraction of sp³-hybridized carbons (Fsp3) is 0.429. The standard InChI is InChI=1S/C14H15NO2S/c1-15-12-8-10(18-9-4-2-3-5-9)6-7-11(12)13(16)14(15)17/h6-9H,2-5H2,1H3. The SMILES string of the molecule is CN1C(=O)C(=O)c2ccc(SC3CCCC3)cc21. The molecule has 3 rings (SSSR count). The van der Waals surface area contributed by atoms with Gasteiger partial charge < -0.3 is 4.90 Å². The second kappa shape index (κ2) is 4.43. The van der Waals surface area contributed by atoms with Gasteiger partial charge in [0.05, 0.1) is 11.3 Å². The molecule has 0 unspecified atom stereocenters. The predicted octanol–water partition coefficient (Wildman–Crippen LogP) is 2.88. The molecular formula is C14H15NO2S. The number of carbonyl (C=O) groups excluding carboxylic acids is 2. The number of rotatable bonds is 2. The number of hydrogen-bond acceptors (Lipinski definition) is 3. The Bertz CT molecular complexity index is 521. The molecule has 0 bridgehead atoms. The first-order chi connectivity index (χ1) is 8.66. The van der Waals surface area contributed by atoms with Gasteiger partial charge in [0.25, 0.3) is 11.7 Å². The Morgan fingerprint density at radius 3 is 2.67 bits per heavy atom. The third-order valence-corrected chi connectivity index (χ3v) is 5.01. The van der Waals surface area contributed by atoms with Gasteiger partial charge in [-0.15, -0.1) is 11.8 Å². The number of likely N-dealkylation sites (N-methyl/N-ethyl adjacent to an activating group) is 1. The number of carbonyl (C=O) groups is 2. The average molecular weight is 261 g/mol. The summed E-state index contributed by atoms with van der Waals surface area (Å²) in [6.07, 6.45) is 5.18. The van der Waals surface area contributed by atoms with Crippen molar-refractivity contribution in [1.82, 2.24) is 0 Å². The van der Waals surface area contributed by atoms with Crippen LogP contribution in [0.2, 0.25) is 0 Å². The highest BCUT2D eigenvalue weighted by atomic mass is 32.2. The Kier molecular flexibility index (Phi) is 2.90. The van der Waals surface area contributed by atoms with Crippen LogP contribution in [0.5, 0.6) is 0 Å². The van der Waals surface area contributed by atoms with Crippen LogP contribution in [0.4, 0.5) is 5.69 Å². The van der Waals surface area contributed by atoms with Crippen molar-refractivity contribution >= 4 is 29.1 Å². The van der Waals surface area contributed by atoms with Gasteiger partial charge in [-0.05, 0) is 31.0 Å². The lowest BCUT2D eigenvalue weighted by Gasteiger charge is -2.12. The molecule has 1 heterocycles. The first-order valence-electron chi connectivity index (χ1n) is 6.30. The first kappa shape index (κ1) is 11.8. The molecule has 0 aromatic heterocycles. The van der Waals surface area contributed by atoms with Crippen molar-refractivity contribution in [1.29, 1.82) is 0 Å².